The number of hydrogen-bond donors (Lipinski definition) is 2. The fraction of sp³-hybridized carbons (Fsp3) is 0.278. The van der Waals surface area contributed by atoms with Gasteiger partial charge in [0.25, 0.3) is 5.91 Å². The Balaban J connectivity index is 1.66. The van der Waals surface area contributed by atoms with Crippen LogP contribution in [0.5, 0.6) is 0 Å². The first-order valence-electron chi connectivity index (χ1n) is 8.04. The number of nitrogens with one attached hydrogen (secondary N) is 2. The van der Waals surface area contributed by atoms with Gasteiger partial charge in [0.2, 0.25) is 5.91 Å². The molecule has 26 heavy (non-hydrogen) atoms. The van der Waals surface area contributed by atoms with E-state index in [1.807, 2.05) is 30.5 Å². The standard InChI is InChI=1S/C18H18ClN3O3S/c1-11(12-5-7-13(19)8-6-12)20-15(23)10-22-16(24)18(2,21-17(22)25)14-4-3-9-26-14/h3-9,11H,10H2,1-2H3,(H,20,23)(H,21,25). The van der Waals surface area contributed by atoms with Crippen molar-refractivity contribution >= 4 is 40.8 Å². The number of rotatable bonds is 5. The topological polar surface area (TPSA) is 78.5 Å². The van der Waals surface area contributed by atoms with Crippen LogP contribution >= 0.6 is 22.9 Å². The molecular formula is C18H18ClN3O3S. The van der Waals surface area contributed by atoms with Gasteiger partial charge in [-0.1, -0.05) is 29.8 Å². The highest BCUT2D eigenvalue weighted by molar-refractivity contribution is 7.10. The van der Waals surface area contributed by atoms with Crippen molar-refractivity contribution in [2.75, 3.05) is 6.54 Å². The summed E-state index contributed by atoms with van der Waals surface area (Å²) in [6, 6.07) is 9.86. The molecule has 0 radical (unpaired) electrons. The van der Waals surface area contributed by atoms with Crippen molar-refractivity contribution in [3.63, 3.8) is 0 Å². The highest BCUT2D eigenvalue weighted by Gasteiger charge is 2.50. The molecule has 6 nitrogen and oxygen atoms in total. The van der Waals surface area contributed by atoms with Crippen molar-refractivity contribution in [1.82, 2.24) is 15.5 Å². The monoisotopic (exact) mass is 391 g/mol. The van der Waals surface area contributed by atoms with Crippen LogP contribution < -0.4 is 10.6 Å². The Morgan fingerprint density at radius 1 is 1.31 bits per heavy atom. The molecule has 2 N–H and O–H groups in total. The zero-order chi connectivity index (χ0) is 18.9. The second kappa shape index (κ2) is 7.09. The maximum Gasteiger partial charge on any atom is 0.325 e. The lowest BCUT2D eigenvalue weighted by Crippen LogP contribution is -2.43. The smallest absolute Gasteiger partial charge is 0.325 e. The normalized spacial score (nSPS) is 20.8. The first kappa shape index (κ1) is 18.4. The lowest BCUT2D eigenvalue weighted by atomic mass is 10.0. The van der Waals surface area contributed by atoms with Crippen LogP contribution in [0.2, 0.25) is 5.02 Å². The third-order valence-corrected chi connectivity index (χ3v) is 5.68. The third-order valence-electron chi connectivity index (χ3n) is 4.34. The average molecular weight is 392 g/mol. The van der Waals surface area contributed by atoms with E-state index in [0.29, 0.717) is 5.02 Å². The van der Waals surface area contributed by atoms with Gasteiger partial charge in [-0.25, -0.2) is 4.79 Å². The molecular weight excluding hydrogens is 374 g/mol. The van der Waals surface area contributed by atoms with Crippen molar-refractivity contribution in [2.24, 2.45) is 0 Å². The fourth-order valence-electron chi connectivity index (χ4n) is 2.84. The van der Waals surface area contributed by atoms with Crippen molar-refractivity contribution in [1.29, 1.82) is 0 Å². The maximum absolute atomic E-state index is 12.7. The number of thiophene rings is 1. The van der Waals surface area contributed by atoms with Crippen molar-refractivity contribution < 1.29 is 14.4 Å². The number of urea groups is 1. The number of imide groups is 1. The summed E-state index contributed by atoms with van der Waals surface area (Å²) >= 11 is 7.24. The zero-order valence-electron chi connectivity index (χ0n) is 14.3. The Morgan fingerprint density at radius 3 is 2.62 bits per heavy atom. The molecule has 2 heterocycles. The van der Waals surface area contributed by atoms with E-state index in [0.717, 1.165) is 15.3 Å². The van der Waals surface area contributed by atoms with Crippen molar-refractivity contribution in [3.05, 3.63) is 57.2 Å². The molecule has 8 heteroatoms. The van der Waals surface area contributed by atoms with Gasteiger partial charge in [-0.15, -0.1) is 11.3 Å². The Hall–Kier alpha value is -2.38. The van der Waals surface area contributed by atoms with Crippen LogP contribution in [0.3, 0.4) is 0 Å². The number of halogens is 1. The molecule has 2 unspecified atom stereocenters. The number of amides is 4. The Morgan fingerprint density at radius 2 is 2.00 bits per heavy atom. The number of carbonyl (C=O) groups excluding carboxylic acids is 3. The van der Waals surface area contributed by atoms with Gasteiger partial charge in [0.15, 0.2) is 5.54 Å². The van der Waals surface area contributed by atoms with Crippen LogP contribution in [0, 0.1) is 0 Å². The molecule has 3 rings (SSSR count). The van der Waals surface area contributed by atoms with Gasteiger partial charge in [0, 0.05) is 9.90 Å². The van der Waals surface area contributed by atoms with Gasteiger partial charge >= 0.3 is 6.03 Å². The van der Waals surface area contributed by atoms with Crippen LogP contribution in [0.15, 0.2) is 41.8 Å². The lowest BCUT2D eigenvalue weighted by Gasteiger charge is -2.20. The minimum atomic E-state index is -1.13. The summed E-state index contributed by atoms with van der Waals surface area (Å²) < 4.78 is 0. The van der Waals surface area contributed by atoms with Gasteiger partial charge in [0.1, 0.15) is 6.54 Å². The lowest BCUT2D eigenvalue weighted by molar-refractivity contribution is -0.134. The number of hydrogen-bond acceptors (Lipinski definition) is 4. The average Bonchev–Trinajstić information content (AvgIpc) is 3.20. The van der Waals surface area contributed by atoms with Crippen LogP contribution in [-0.2, 0) is 15.1 Å². The minimum absolute atomic E-state index is 0.274. The van der Waals surface area contributed by atoms with E-state index in [9.17, 15) is 14.4 Å². The van der Waals surface area contributed by atoms with E-state index >= 15 is 0 Å². The molecule has 136 valence electrons. The van der Waals surface area contributed by atoms with Crippen molar-refractivity contribution in [3.8, 4) is 0 Å². The summed E-state index contributed by atoms with van der Waals surface area (Å²) in [6.45, 7) is 3.14. The molecule has 1 aromatic heterocycles. The molecule has 4 amide bonds. The Kier molecular flexibility index (Phi) is 5.02. The minimum Gasteiger partial charge on any atom is -0.348 e. The van der Waals surface area contributed by atoms with Gasteiger partial charge in [-0.2, -0.15) is 0 Å². The predicted molar refractivity (Wildman–Crippen MR) is 99.9 cm³/mol. The summed E-state index contributed by atoms with van der Waals surface area (Å²) in [7, 11) is 0. The van der Waals surface area contributed by atoms with Gasteiger partial charge in [0.05, 0.1) is 6.04 Å². The van der Waals surface area contributed by atoms with Gasteiger partial charge in [-0.05, 0) is 43.0 Å². The number of nitrogens with zero attached hydrogens (tertiary/aromatic N) is 1. The molecule has 2 atom stereocenters. The summed E-state index contributed by atoms with van der Waals surface area (Å²) in [6.07, 6.45) is 0. The van der Waals surface area contributed by atoms with E-state index in [2.05, 4.69) is 10.6 Å². The highest BCUT2D eigenvalue weighted by atomic mass is 35.5. The third kappa shape index (κ3) is 3.45. The zero-order valence-corrected chi connectivity index (χ0v) is 15.9. The second-order valence-corrected chi connectivity index (χ2v) is 7.65. The molecule has 2 aromatic rings. The first-order valence-corrected chi connectivity index (χ1v) is 9.30. The summed E-state index contributed by atoms with van der Waals surface area (Å²) in [4.78, 5) is 39.0. The Bertz CT molecular complexity index is 838. The Labute approximate surface area is 160 Å². The van der Waals surface area contributed by atoms with Crippen LogP contribution in [0.25, 0.3) is 0 Å². The summed E-state index contributed by atoms with van der Waals surface area (Å²) in [5, 5.41) is 7.92. The van der Waals surface area contributed by atoms with Crippen LogP contribution in [0.4, 0.5) is 4.79 Å². The largest absolute Gasteiger partial charge is 0.348 e. The maximum atomic E-state index is 12.7. The molecule has 1 aromatic carbocycles. The molecule has 0 spiro atoms. The SMILES string of the molecule is CC(NC(=O)CN1C(=O)NC(C)(c2cccs2)C1=O)c1ccc(Cl)cc1. The number of carbonyl (C=O) groups is 3. The molecule has 1 fully saturated rings. The number of benzene rings is 1. The quantitative estimate of drug-likeness (QED) is 0.769. The molecule has 1 saturated heterocycles. The van der Waals surface area contributed by atoms with E-state index in [1.165, 1.54) is 11.3 Å². The van der Waals surface area contributed by atoms with E-state index < -0.39 is 23.4 Å². The molecule has 1 aliphatic rings. The summed E-state index contributed by atoms with van der Waals surface area (Å²) in [5.74, 6) is -0.842. The first-order chi connectivity index (χ1) is 12.3. The highest BCUT2D eigenvalue weighted by Crippen LogP contribution is 2.31. The predicted octanol–water partition coefficient (Wildman–Crippen LogP) is 3.05. The van der Waals surface area contributed by atoms with Gasteiger partial charge in [-0.3, -0.25) is 14.5 Å². The van der Waals surface area contributed by atoms with Crippen LogP contribution in [0.1, 0.15) is 30.3 Å². The molecule has 0 aliphatic carbocycles. The second-order valence-electron chi connectivity index (χ2n) is 6.26. The molecule has 0 saturated carbocycles. The molecule has 0 bridgehead atoms. The molecule has 1 aliphatic heterocycles. The van der Waals surface area contributed by atoms with Crippen LogP contribution in [-0.4, -0.2) is 29.3 Å². The van der Waals surface area contributed by atoms with E-state index in [-0.39, 0.29) is 12.6 Å². The fourth-order valence-corrected chi connectivity index (χ4v) is 3.80. The van der Waals surface area contributed by atoms with E-state index in [1.54, 1.807) is 25.1 Å². The van der Waals surface area contributed by atoms with Gasteiger partial charge < -0.3 is 10.6 Å². The van der Waals surface area contributed by atoms with Crippen molar-refractivity contribution in [2.45, 2.75) is 25.4 Å². The van der Waals surface area contributed by atoms with E-state index in [4.69, 9.17) is 11.6 Å². The summed E-state index contributed by atoms with van der Waals surface area (Å²) in [5.41, 5.74) is -0.253.